The predicted octanol–water partition coefficient (Wildman–Crippen LogP) is 3.88. The second-order valence-electron chi connectivity index (χ2n) is 6.58. The Morgan fingerprint density at radius 1 is 1.26 bits per heavy atom. The highest BCUT2D eigenvalue weighted by Crippen LogP contribution is 2.22. The first-order valence-corrected chi connectivity index (χ1v) is 7.83. The SMILES string of the molecule is CCC(CC(=O)c1cc(C)ccc1OC)NC(=O)OC(C)(C)C. The Morgan fingerprint density at radius 2 is 1.91 bits per heavy atom. The number of hydrogen-bond donors (Lipinski definition) is 1. The van der Waals surface area contributed by atoms with E-state index in [2.05, 4.69) is 5.32 Å². The zero-order valence-electron chi connectivity index (χ0n) is 14.9. The van der Waals surface area contributed by atoms with Gasteiger partial charge in [0.05, 0.1) is 12.7 Å². The van der Waals surface area contributed by atoms with E-state index in [1.165, 1.54) is 7.11 Å². The summed E-state index contributed by atoms with van der Waals surface area (Å²) in [6, 6.07) is 5.21. The molecule has 0 aromatic heterocycles. The van der Waals surface area contributed by atoms with E-state index in [4.69, 9.17) is 9.47 Å². The molecule has 0 fully saturated rings. The molecule has 0 aliphatic carbocycles. The number of benzene rings is 1. The summed E-state index contributed by atoms with van der Waals surface area (Å²) in [6.45, 7) is 9.25. The molecule has 0 aliphatic heterocycles. The van der Waals surface area contributed by atoms with Crippen molar-refractivity contribution < 1.29 is 19.1 Å². The van der Waals surface area contributed by atoms with E-state index in [0.717, 1.165) is 5.56 Å². The molecule has 1 atom stereocenters. The summed E-state index contributed by atoms with van der Waals surface area (Å²) < 4.78 is 10.5. The minimum atomic E-state index is -0.563. The zero-order chi connectivity index (χ0) is 17.6. The van der Waals surface area contributed by atoms with E-state index in [1.807, 2.05) is 19.9 Å². The number of amides is 1. The Labute approximate surface area is 138 Å². The first-order valence-electron chi connectivity index (χ1n) is 7.83. The molecule has 1 rings (SSSR count). The minimum absolute atomic E-state index is 0.0616. The summed E-state index contributed by atoms with van der Waals surface area (Å²) in [5.74, 6) is 0.487. The number of ether oxygens (including phenoxy) is 2. The van der Waals surface area contributed by atoms with Crippen LogP contribution in [0.15, 0.2) is 18.2 Å². The molecular formula is C18H27NO4. The number of alkyl carbamates (subject to hydrolysis) is 1. The van der Waals surface area contributed by atoms with Crippen molar-refractivity contribution in [1.82, 2.24) is 5.32 Å². The fraction of sp³-hybridized carbons (Fsp3) is 0.556. The molecule has 1 N–H and O–H groups in total. The zero-order valence-corrected chi connectivity index (χ0v) is 14.9. The third kappa shape index (κ3) is 6.30. The molecular weight excluding hydrogens is 294 g/mol. The Morgan fingerprint density at radius 3 is 2.43 bits per heavy atom. The number of aryl methyl sites for hydroxylation is 1. The third-order valence-corrected chi connectivity index (χ3v) is 3.30. The van der Waals surface area contributed by atoms with Crippen LogP contribution in [0.25, 0.3) is 0 Å². The number of carbonyl (C=O) groups is 2. The smallest absolute Gasteiger partial charge is 0.407 e. The van der Waals surface area contributed by atoms with Crippen molar-refractivity contribution in [1.29, 1.82) is 0 Å². The highest BCUT2D eigenvalue weighted by Gasteiger charge is 2.22. The van der Waals surface area contributed by atoms with Gasteiger partial charge in [0.1, 0.15) is 11.4 Å². The lowest BCUT2D eigenvalue weighted by molar-refractivity contribution is 0.0500. The van der Waals surface area contributed by atoms with E-state index in [9.17, 15) is 9.59 Å². The van der Waals surface area contributed by atoms with E-state index in [0.29, 0.717) is 17.7 Å². The average Bonchev–Trinajstić information content (AvgIpc) is 2.44. The van der Waals surface area contributed by atoms with Crippen LogP contribution in [-0.4, -0.2) is 30.6 Å². The van der Waals surface area contributed by atoms with Crippen molar-refractivity contribution in [2.75, 3.05) is 7.11 Å². The van der Waals surface area contributed by atoms with Crippen molar-refractivity contribution >= 4 is 11.9 Å². The molecule has 0 spiro atoms. The fourth-order valence-corrected chi connectivity index (χ4v) is 2.15. The number of Topliss-reactive ketones (excluding diaryl/α,β-unsaturated/α-hetero) is 1. The number of ketones is 1. The molecule has 0 bridgehead atoms. The van der Waals surface area contributed by atoms with Gasteiger partial charge < -0.3 is 14.8 Å². The maximum absolute atomic E-state index is 12.5. The van der Waals surface area contributed by atoms with Crippen LogP contribution in [0.3, 0.4) is 0 Å². The number of rotatable bonds is 6. The van der Waals surface area contributed by atoms with Gasteiger partial charge in [-0.05, 0) is 46.2 Å². The molecule has 0 radical (unpaired) electrons. The predicted molar refractivity (Wildman–Crippen MR) is 90.1 cm³/mol. The molecule has 0 saturated heterocycles. The fourth-order valence-electron chi connectivity index (χ4n) is 2.15. The van der Waals surface area contributed by atoms with Gasteiger partial charge in [-0.2, -0.15) is 0 Å². The Hall–Kier alpha value is -2.04. The Kier molecular flexibility index (Phi) is 6.61. The molecule has 0 saturated carbocycles. The molecule has 1 aromatic carbocycles. The van der Waals surface area contributed by atoms with Crippen molar-refractivity contribution in [3.63, 3.8) is 0 Å². The van der Waals surface area contributed by atoms with E-state index in [1.54, 1.807) is 32.9 Å². The van der Waals surface area contributed by atoms with Crippen molar-refractivity contribution in [3.8, 4) is 5.75 Å². The van der Waals surface area contributed by atoms with Crippen molar-refractivity contribution in [2.24, 2.45) is 0 Å². The van der Waals surface area contributed by atoms with E-state index < -0.39 is 11.7 Å². The lowest BCUT2D eigenvalue weighted by Gasteiger charge is -2.23. The molecule has 5 heteroatoms. The van der Waals surface area contributed by atoms with Gasteiger partial charge in [-0.1, -0.05) is 18.6 Å². The minimum Gasteiger partial charge on any atom is -0.496 e. The van der Waals surface area contributed by atoms with Crippen LogP contribution in [-0.2, 0) is 4.74 Å². The van der Waals surface area contributed by atoms with Gasteiger partial charge in [0.15, 0.2) is 5.78 Å². The Balaban J connectivity index is 2.77. The number of nitrogens with one attached hydrogen (secondary N) is 1. The van der Waals surface area contributed by atoms with Crippen LogP contribution in [0.4, 0.5) is 4.79 Å². The second-order valence-corrected chi connectivity index (χ2v) is 6.58. The molecule has 1 aromatic rings. The topological polar surface area (TPSA) is 64.6 Å². The number of hydrogen-bond acceptors (Lipinski definition) is 4. The monoisotopic (exact) mass is 321 g/mol. The van der Waals surface area contributed by atoms with E-state index >= 15 is 0 Å². The molecule has 0 aliphatic rings. The van der Waals surface area contributed by atoms with Gasteiger partial charge in [0, 0.05) is 12.5 Å². The average molecular weight is 321 g/mol. The van der Waals surface area contributed by atoms with Crippen LogP contribution in [0.5, 0.6) is 5.75 Å². The van der Waals surface area contributed by atoms with Crippen LogP contribution < -0.4 is 10.1 Å². The molecule has 0 heterocycles. The summed E-state index contributed by atoms with van der Waals surface area (Å²) in [5.41, 5.74) is 0.964. The highest BCUT2D eigenvalue weighted by molar-refractivity contribution is 5.99. The summed E-state index contributed by atoms with van der Waals surface area (Å²) in [6.07, 6.45) is 0.336. The summed E-state index contributed by atoms with van der Waals surface area (Å²) in [4.78, 5) is 24.4. The van der Waals surface area contributed by atoms with Gasteiger partial charge in [-0.3, -0.25) is 4.79 Å². The van der Waals surface area contributed by atoms with Crippen LogP contribution in [0.1, 0.15) is 56.5 Å². The first-order chi connectivity index (χ1) is 10.7. The Bertz CT molecular complexity index is 561. The molecule has 128 valence electrons. The number of methoxy groups -OCH3 is 1. The lowest BCUT2D eigenvalue weighted by atomic mass is 10.00. The summed E-state index contributed by atoms with van der Waals surface area (Å²) in [7, 11) is 1.54. The normalized spacial score (nSPS) is 12.4. The van der Waals surface area contributed by atoms with Crippen molar-refractivity contribution in [3.05, 3.63) is 29.3 Å². The summed E-state index contributed by atoms with van der Waals surface area (Å²) in [5, 5.41) is 2.75. The van der Waals surface area contributed by atoms with Crippen LogP contribution in [0.2, 0.25) is 0 Å². The second kappa shape index (κ2) is 7.99. The molecule has 1 amide bonds. The van der Waals surface area contributed by atoms with E-state index in [-0.39, 0.29) is 18.2 Å². The van der Waals surface area contributed by atoms with Crippen LogP contribution in [0, 0.1) is 6.92 Å². The van der Waals surface area contributed by atoms with Gasteiger partial charge in [-0.15, -0.1) is 0 Å². The largest absolute Gasteiger partial charge is 0.496 e. The lowest BCUT2D eigenvalue weighted by Crippen LogP contribution is -2.39. The van der Waals surface area contributed by atoms with Gasteiger partial charge >= 0.3 is 6.09 Å². The van der Waals surface area contributed by atoms with Gasteiger partial charge in [0.2, 0.25) is 0 Å². The quantitative estimate of drug-likeness (QED) is 0.808. The molecule has 1 unspecified atom stereocenters. The van der Waals surface area contributed by atoms with Gasteiger partial charge in [-0.25, -0.2) is 4.79 Å². The number of carbonyl (C=O) groups excluding carboxylic acids is 2. The third-order valence-electron chi connectivity index (χ3n) is 3.30. The highest BCUT2D eigenvalue weighted by atomic mass is 16.6. The summed E-state index contributed by atoms with van der Waals surface area (Å²) >= 11 is 0. The maximum Gasteiger partial charge on any atom is 0.407 e. The first kappa shape index (κ1) is 19.0. The molecule has 23 heavy (non-hydrogen) atoms. The van der Waals surface area contributed by atoms with Crippen LogP contribution >= 0.6 is 0 Å². The molecule has 5 nitrogen and oxygen atoms in total. The van der Waals surface area contributed by atoms with Gasteiger partial charge in [0.25, 0.3) is 0 Å². The van der Waals surface area contributed by atoms with Crippen molar-refractivity contribution in [2.45, 2.75) is 59.1 Å². The maximum atomic E-state index is 12.5. The standard InChI is InChI=1S/C18H27NO4/c1-7-13(19-17(21)23-18(3,4)5)11-15(20)14-10-12(2)8-9-16(14)22-6/h8-10,13H,7,11H2,1-6H3,(H,19,21).